The van der Waals surface area contributed by atoms with E-state index >= 15 is 0 Å². The quantitative estimate of drug-likeness (QED) is 0.830. The third kappa shape index (κ3) is 3.08. The zero-order valence-corrected chi connectivity index (χ0v) is 11.5. The van der Waals surface area contributed by atoms with Crippen LogP contribution in [-0.2, 0) is 0 Å². The molecule has 1 aromatic carbocycles. The number of aromatic nitrogens is 1. The molecule has 0 saturated carbocycles. The van der Waals surface area contributed by atoms with Crippen LogP contribution in [0.15, 0.2) is 36.5 Å². The lowest BCUT2D eigenvalue weighted by Gasteiger charge is -2.08. The molecule has 1 heterocycles. The Morgan fingerprint density at radius 1 is 1.29 bits per heavy atom. The molecule has 2 aromatic rings. The van der Waals surface area contributed by atoms with Gasteiger partial charge >= 0.3 is 0 Å². The predicted octanol–water partition coefficient (Wildman–Crippen LogP) is 3.95. The Morgan fingerprint density at radius 3 is 2.82 bits per heavy atom. The summed E-state index contributed by atoms with van der Waals surface area (Å²) >= 11 is 8.09. The first-order valence-electron chi connectivity index (χ1n) is 4.77. The van der Waals surface area contributed by atoms with Crippen molar-refractivity contribution < 1.29 is 0 Å². The Labute approximate surface area is 118 Å². The predicted molar refractivity (Wildman–Crippen MR) is 76.4 cm³/mol. The molecule has 0 bridgehead atoms. The van der Waals surface area contributed by atoms with E-state index < -0.39 is 0 Å². The lowest BCUT2D eigenvalue weighted by molar-refractivity contribution is 1.26. The van der Waals surface area contributed by atoms with E-state index in [0.29, 0.717) is 10.7 Å². The lowest BCUT2D eigenvalue weighted by Crippen LogP contribution is -1.94. The molecule has 0 spiro atoms. The summed E-state index contributed by atoms with van der Waals surface area (Å²) in [6.45, 7) is 0. The van der Waals surface area contributed by atoms with Gasteiger partial charge in [-0.05, 0) is 52.9 Å². The Morgan fingerprint density at radius 2 is 2.12 bits per heavy atom. The maximum Gasteiger partial charge on any atom is 0.142 e. The summed E-state index contributed by atoms with van der Waals surface area (Å²) in [5.74, 6) is 0. The summed E-state index contributed by atoms with van der Waals surface area (Å²) in [6.07, 6.45) is 1.60. The number of benzene rings is 1. The van der Waals surface area contributed by atoms with E-state index in [1.54, 1.807) is 12.3 Å². The largest absolute Gasteiger partial charge is 0.355 e. The molecule has 2 rings (SSSR count). The molecule has 5 heteroatoms. The molecule has 17 heavy (non-hydrogen) atoms. The van der Waals surface area contributed by atoms with Crippen LogP contribution in [0.3, 0.4) is 0 Å². The molecule has 0 saturated heterocycles. The summed E-state index contributed by atoms with van der Waals surface area (Å²) in [6, 6.07) is 11.1. The van der Waals surface area contributed by atoms with Gasteiger partial charge in [-0.25, -0.2) is 4.98 Å². The van der Waals surface area contributed by atoms with Gasteiger partial charge in [0.1, 0.15) is 11.8 Å². The molecule has 0 aliphatic carbocycles. The van der Waals surface area contributed by atoms with Crippen molar-refractivity contribution in [3.8, 4) is 6.07 Å². The van der Waals surface area contributed by atoms with Gasteiger partial charge < -0.3 is 5.32 Å². The summed E-state index contributed by atoms with van der Waals surface area (Å²) in [5.41, 5.74) is 2.17. The normalized spacial score (nSPS) is 9.71. The minimum absolute atomic E-state index is 0.388. The second kappa shape index (κ2) is 5.34. The van der Waals surface area contributed by atoms with Crippen LogP contribution in [0, 0.1) is 14.9 Å². The van der Waals surface area contributed by atoms with E-state index in [1.165, 1.54) is 0 Å². The SMILES string of the molecule is N#Cc1cc(Nc2ccc(Cl)cc2I)ccn1. The molecule has 0 radical (unpaired) electrons. The highest BCUT2D eigenvalue weighted by Gasteiger charge is 2.02. The van der Waals surface area contributed by atoms with Gasteiger partial charge in [-0.2, -0.15) is 5.26 Å². The van der Waals surface area contributed by atoms with E-state index in [1.807, 2.05) is 30.3 Å². The fourth-order valence-electron chi connectivity index (χ4n) is 1.32. The molecule has 0 fully saturated rings. The molecule has 3 nitrogen and oxygen atoms in total. The molecule has 0 atom stereocenters. The topological polar surface area (TPSA) is 48.7 Å². The number of halogens is 2. The number of nitrogens with zero attached hydrogens (tertiary/aromatic N) is 2. The first kappa shape index (κ1) is 12.1. The van der Waals surface area contributed by atoms with Gasteiger partial charge in [0.05, 0.1) is 5.69 Å². The van der Waals surface area contributed by atoms with Crippen LogP contribution in [0.2, 0.25) is 5.02 Å². The van der Waals surface area contributed by atoms with Gasteiger partial charge in [0.15, 0.2) is 0 Å². The zero-order valence-electron chi connectivity index (χ0n) is 8.61. The van der Waals surface area contributed by atoms with Crippen molar-refractivity contribution >= 4 is 45.6 Å². The number of nitrogens with one attached hydrogen (secondary N) is 1. The Kier molecular flexibility index (Phi) is 3.82. The Bertz CT molecular complexity index is 593. The number of nitriles is 1. The zero-order chi connectivity index (χ0) is 12.3. The number of pyridine rings is 1. The van der Waals surface area contributed by atoms with Gasteiger partial charge in [-0.3, -0.25) is 0 Å². The van der Waals surface area contributed by atoms with Crippen molar-refractivity contribution in [3.63, 3.8) is 0 Å². The van der Waals surface area contributed by atoms with Crippen LogP contribution >= 0.6 is 34.2 Å². The van der Waals surface area contributed by atoms with Crippen molar-refractivity contribution in [1.29, 1.82) is 5.26 Å². The number of rotatable bonds is 2. The van der Waals surface area contributed by atoms with Crippen LogP contribution in [0.25, 0.3) is 0 Å². The van der Waals surface area contributed by atoms with Gasteiger partial charge in [0, 0.05) is 20.5 Å². The average Bonchev–Trinajstić information content (AvgIpc) is 2.33. The third-order valence-electron chi connectivity index (χ3n) is 2.08. The standard InChI is InChI=1S/C12H7ClIN3/c13-8-1-2-12(11(14)5-8)17-9-3-4-16-10(6-9)7-15/h1-6H,(H,16,17). The van der Waals surface area contributed by atoms with Gasteiger partial charge in [0.25, 0.3) is 0 Å². The first-order chi connectivity index (χ1) is 8.19. The van der Waals surface area contributed by atoms with E-state index in [-0.39, 0.29) is 0 Å². The summed E-state index contributed by atoms with van der Waals surface area (Å²) in [7, 11) is 0. The van der Waals surface area contributed by atoms with Crippen LogP contribution in [0.5, 0.6) is 0 Å². The number of hydrogen-bond acceptors (Lipinski definition) is 3. The Balaban J connectivity index is 2.28. The maximum absolute atomic E-state index is 8.76. The highest BCUT2D eigenvalue weighted by Crippen LogP contribution is 2.25. The Hall–Kier alpha value is -1.32. The van der Waals surface area contributed by atoms with Crippen LogP contribution in [-0.4, -0.2) is 4.98 Å². The third-order valence-corrected chi connectivity index (χ3v) is 3.21. The molecule has 0 amide bonds. The van der Waals surface area contributed by atoms with Crippen molar-refractivity contribution in [1.82, 2.24) is 4.98 Å². The number of anilines is 2. The van der Waals surface area contributed by atoms with Crippen molar-refractivity contribution in [2.75, 3.05) is 5.32 Å². The average molecular weight is 356 g/mol. The van der Waals surface area contributed by atoms with E-state index in [2.05, 4.69) is 32.9 Å². The second-order valence-corrected chi connectivity index (χ2v) is 4.89. The van der Waals surface area contributed by atoms with Crippen LogP contribution in [0.1, 0.15) is 5.69 Å². The fraction of sp³-hybridized carbons (Fsp3) is 0. The maximum atomic E-state index is 8.76. The van der Waals surface area contributed by atoms with Crippen molar-refractivity contribution in [3.05, 3.63) is 50.8 Å². The van der Waals surface area contributed by atoms with Crippen molar-refractivity contribution in [2.24, 2.45) is 0 Å². The lowest BCUT2D eigenvalue weighted by atomic mass is 10.3. The minimum Gasteiger partial charge on any atom is -0.355 e. The molecular formula is C12H7ClIN3. The molecular weight excluding hydrogens is 349 g/mol. The van der Waals surface area contributed by atoms with Gasteiger partial charge in [-0.1, -0.05) is 11.6 Å². The summed E-state index contributed by atoms with van der Waals surface area (Å²) < 4.78 is 1.02. The monoisotopic (exact) mass is 355 g/mol. The highest BCUT2D eigenvalue weighted by atomic mass is 127. The number of hydrogen-bond donors (Lipinski definition) is 1. The van der Waals surface area contributed by atoms with Crippen LogP contribution in [0.4, 0.5) is 11.4 Å². The molecule has 0 unspecified atom stereocenters. The molecule has 1 aromatic heterocycles. The fourth-order valence-corrected chi connectivity index (χ4v) is 2.32. The first-order valence-corrected chi connectivity index (χ1v) is 6.23. The van der Waals surface area contributed by atoms with E-state index in [0.717, 1.165) is 14.9 Å². The molecule has 0 aliphatic heterocycles. The van der Waals surface area contributed by atoms with Crippen molar-refractivity contribution in [2.45, 2.75) is 0 Å². The highest BCUT2D eigenvalue weighted by molar-refractivity contribution is 14.1. The van der Waals surface area contributed by atoms with E-state index in [9.17, 15) is 0 Å². The van der Waals surface area contributed by atoms with Gasteiger partial charge in [-0.15, -0.1) is 0 Å². The van der Waals surface area contributed by atoms with E-state index in [4.69, 9.17) is 16.9 Å². The summed E-state index contributed by atoms with van der Waals surface area (Å²) in [5, 5.41) is 12.7. The molecule has 1 N–H and O–H groups in total. The smallest absolute Gasteiger partial charge is 0.142 e. The summed E-state index contributed by atoms with van der Waals surface area (Å²) in [4.78, 5) is 3.91. The molecule has 0 aliphatic rings. The minimum atomic E-state index is 0.388. The van der Waals surface area contributed by atoms with Gasteiger partial charge in [0.2, 0.25) is 0 Å². The second-order valence-electron chi connectivity index (χ2n) is 3.29. The molecule has 84 valence electrons. The van der Waals surface area contributed by atoms with Crippen LogP contribution < -0.4 is 5.32 Å².